The van der Waals surface area contributed by atoms with E-state index in [-0.39, 0.29) is 18.0 Å². The molecule has 0 aromatic heterocycles. The summed E-state index contributed by atoms with van der Waals surface area (Å²) in [5.41, 5.74) is 5.19. The van der Waals surface area contributed by atoms with E-state index in [0.29, 0.717) is 23.8 Å². The lowest BCUT2D eigenvalue weighted by Crippen LogP contribution is -2.48. The summed E-state index contributed by atoms with van der Waals surface area (Å²) in [6, 6.07) is 6.63. The highest BCUT2D eigenvalue weighted by molar-refractivity contribution is 7.80. The number of hydrazine groups is 1. The normalized spacial score (nSPS) is 10.0. The molecule has 0 saturated heterocycles. The number of thiocarbonyl (C=S) groups is 1. The van der Waals surface area contributed by atoms with Gasteiger partial charge in [-0.05, 0) is 42.4 Å². The summed E-state index contributed by atoms with van der Waals surface area (Å²) in [6.07, 6.45) is -0.122. The molecule has 3 N–H and O–H groups in total. The number of hydrogen-bond donors (Lipinski definition) is 3. The molecule has 8 nitrogen and oxygen atoms in total. The summed E-state index contributed by atoms with van der Waals surface area (Å²) in [5.74, 6) is -0.295. The zero-order chi connectivity index (χ0) is 19.5. The number of amides is 2. The average Bonchev–Trinajstić information content (AvgIpc) is 2.62. The van der Waals surface area contributed by atoms with Gasteiger partial charge < -0.3 is 14.8 Å². The van der Waals surface area contributed by atoms with Gasteiger partial charge in [0.2, 0.25) is 5.91 Å². The van der Waals surface area contributed by atoms with E-state index in [1.807, 2.05) is 13.8 Å². The van der Waals surface area contributed by atoms with E-state index in [0.717, 1.165) is 0 Å². The van der Waals surface area contributed by atoms with Crippen molar-refractivity contribution in [1.82, 2.24) is 16.2 Å². The minimum atomic E-state index is -0.492. The first-order chi connectivity index (χ1) is 12.3. The molecule has 0 bridgehead atoms. The molecule has 0 spiro atoms. The van der Waals surface area contributed by atoms with Crippen molar-refractivity contribution < 1.29 is 23.9 Å². The van der Waals surface area contributed by atoms with E-state index in [1.165, 1.54) is 7.11 Å². The van der Waals surface area contributed by atoms with Crippen LogP contribution >= 0.6 is 12.2 Å². The van der Waals surface area contributed by atoms with E-state index in [4.69, 9.17) is 17.0 Å². The molecule has 2 amide bonds. The Morgan fingerprint density at radius 1 is 1.08 bits per heavy atom. The maximum Gasteiger partial charge on any atom is 0.306 e. The second-order valence-electron chi connectivity index (χ2n) is 5.76. The molecule has 142 valence electrons. The van der Waals surface area contributed by atoms with Crippen LogP contribution in [0.3, 0.4) is 0 Å². The number of benzene rings is 1. The number of ether oxygens (including phenoxy) is 2. The van der Waals surface area contributed by atoms with E-state index < -0.39 is 17.8 Å². The first kappa shape index (κ1) is 21.4. The van der Waals surface area contributed by atoms with Gasteiger partial charge in [-0.3, -0.25) is 25.2 Å². The molecule has 0 aliphatic rings. The van der Waals surface area contributed by atoms with Crippen molar-refractivity contribution in [2.75, 3.05) is 13.7 Å². The van der Waals surface area contributed by atoms with Crippen LogP contribution in [-0.4, -0.2) is 36.6 Å². The van der Waals surface area contributed by atoms with Gasteiger partial charge in [0.05, 0.1) is 20.1 Å². The van der Waals surface area contributed by atoms with E-state index in [1.54, 1.807) is 24.3 Å². The Morgan fingerprint density at radius 2 is 1.73 bits per heavy atom. The molecule has 0 atom stereocenters. The Kier molecular flexibility index (Phi) is 9.07. The van der Waals surface area contributed by atoms with E-state index >= 15 is 0 Å². The van der Waals surface area contributed by atoms with Crippen molar-refractivity contribution >= 4 is 35.1 Å². The first-order valence-electron chi connectivity index (χ1n) is 8.01. The SMILES string of the molecule is COC(=O)CCC(=O)NC(=S)NNC(=O)c1ccc(OCC(C)C)cc1. The zero-order valence-corrected chi connectivity index (χ0v) is 15.8. The Bertz CT molecular complexity index is 646. The summed E-state index contributed by atoms with van der Waals surface area (Å²) in [7, 11) is 1.24. The monoisotopic (exact) mass is 381 g/mol. The Hall–Kier alpha value is -2.68. The highest BCUT2D eigenvalue weighted by atomic mass is 32.1. The van der Waals surface area contributed by atoms with Gasteiger partial charge >= 0.3 is 5.97 Å². The van der Waals surface area contributed by atoms with Crippen LogP contribution in [0, 0.1) is 5.92 Å². The summed E-state index contributed by atoms with van der Waals surface area (Å²) >= 11 is 4.89. The Labute approximate surface area is 157 Å². The summed E-state index contributed by atoms with van der Waals surface area (Å²) < 4.78 is 9.98. The largest absolute Gasteiger partial charge is 0.493 e. The molecule has 0 saturated carbocycles. The summed E-state index contributed by atoms with van der Waals surface area (Å²) in [5, 5.41) is 2.26. The lowest BCUT2D eigenvalue weighted by Gasteiger charge is -2.11. The molecule has 9 heteroatoms. The van der Waals surface area contributed by atoms with Gasteiger partial charge in [0, 0.05) is 12.0 Å². The molecule has 1 rings (SSSR count). The number of hydrogen-bond acceptors (Lipinski definition) is 6. The van der Waals surface area contributed by atoms with Gasteiger partial charge in [-0.25, -0.2) is 0 Å². The fraction of sp³-hybridized carbons (Fsp3) is 0.412. The number of carbonyl (C=O) groups is 3. The van der Waals surface area contributed by atoms with Gasteiger partial charge in [-0.2, -0.15) is 0 Å². The van der Waals surface area contributed by atoms with Crippen LogP contribution in [0.5, 0.6) is 5.75 Å². The number of methoxy groups -OCH3 is 1. The second kappa shape index (κ2) is 11.0. The third kappa shape index (κ3) is 8.43. The van der Waals surface area contributed by atoms with Crippen LogP contribution < -0.4 is 20.9 Å². The third-order valence-corrected chi connectivity index (χ3v) is 3.23. The van der Waals surface area contributed by atoms with Crippen molar-refractivity contribution in [2.24, 2.45) is 5.92 Å². The number of esters is 1. The van der Waals surface area contributed by atoms with E-state index in [9.17, 15) is 14.4 Å². The minimum absolute atomic E-state index is 0.0530. The van der Waals surface area contributed by atoms with Crippen LogP contribution in [0.2, 0.25) is 0 Å². The van der Waals surface area contributed by atoms with Crippen molar-refractivity contribution in [2.45, 2.75) is 26.7 Å². The fourth-order valence-corrected chi connectivity index (χ4v) is 1.85. The van der Waals surface area contributed by atoms with Gasteiger partial charge in [0.1, 0.15) is 5.75 Å². The number of rotatable bonds is 7. The van der Waals surface area contributed by atoms with Crippen LogP contribution in [0.15, 0.2) is 24.3 Å². The van der Waals surface area contributed by atoms with Gasteiger partial charge in [-0.15, -0.1) is 0 Å². The topological polar surface area (TPSA) is 106 Å². The molecule has 0 radical (unpaired) electrons. The zero-order valence-electron chi connectivity index (χ0n) is 15.0. The molecular weight excluding hydrogens is 358 g/mol. The van der Waals surface area contributed by atoms with Crippen molar-refractivity contribution in [3.8, 4) is 5.75 Å². The molecule has 0 fully saturated rings. The molecule has 1 aromatic rings. The van der Waals surface area contributed by atoms with Crippen LogP contribution in [-0.2, 0) is 14.3 Å². The van der Waals surface area contributed by atoms with Crippen LogP contribution in [0.25, 0.3) is 0 Å². The maximum atomic E-state index is 12.0. The summed E-state index contributed by atoms with van der Waals surface area (Å²) in [4.78, 5) is 34.5. The number of nitrogens with one attached hydrogen (secondary N) is 3. The summed E-state index contributed by atoms with van der Waals surface area (Å²) in [6.45, 7) is 4.69. The van der Waals surface area contributed by atoms with Gasteiger partial charge in [0.25, 0.3) is 5.91 Å². The highest BCUT2D eigenvalue weighted by Gasteiger charge is 2.10. The third-order valence-electron chi connectivity index (χ3n) is 3.03. The molecule has 26 heavy (non-hydrogen) atoms. The van der Waals surface area contributed by atoms with Crippen LogP contribution in [0.4, 0.5) is 0 Å². The molecule has 1 aromatic carbocycles. The van der Waals surface area contributed by atoms with Gasteiger partial charge in [-0.1, -0.05) is 13.8 Å². The molecule has 0 aliphatic carbocycles. The highest BCUT2D eigenvalue weighted by Crippen LogP contribution is 2.13. The van der Waals surface area contributed by atoms with Crippen LogP contribution in [0.1, 0.15) is 37.0 Å². The first-order valence-corrected chi connectivity index (χ1v) is 8.42. The van der Waals surface area contributed by atoms with E-state index in [2.05, 4.69) is 20.9 Å². The molecule has 0 heterocycles. The minimum Gasteiger partial charge on any atom is -0.493 e. The average molecular weight is 381 g/mol. The molecule has 0 unspecified atom stereocenters. The quantitative estimate of drug-likeness (QED) is 0.371. The van der Waals surface area contributed by atoms with Crippen molar-refractivity contribution in [1.29, 1.82) is 0 Å². The lowest BCUT2D eigenvalue weighted by atomic mass is 10.2. The lowest BCUT2D eigenvalue weighted by molar-refractivity contribution is -0.142. The second-order valence-corrected chi connectivity index (χ2v) is 6.17. The maximum absolute atomic E-state index is 12.0. The smallest absolute Gasteiger partial charge is 0.306 e. The van der Waals surface area contributed by atoms with Crippen molar-refractivity contribution in [3.63, 3.8) is 0 Å². The molecular formula is C17H23N3O5S. The predicted molar refractivity (Wildman–Crippen MR) is 99.4 cm³/mol. The fourth-order valence-electron chi connectivity index (χ4n) is 1.69. The standard InChI is InChI=1S/C17H23N3O5S/c1-11(2)10-25-13-6-4-12(5-7-13)16(23)19-20-17(26)18-14(21)8-9-15(22)24-3/h4-7,11H,8-10H2,1-3H3,(H,19,23)(H2,18,20,21,26). The number of carbonyl (C=O) groups excluding carboxylic acids is 3. The predicted octanol–water partition coefficient (Wildman–Crippen LogP) is 1.31. The van der Waals surface area contributed by atoms with Crippen molar-refractivity contribution in [3.05, 3.63) is 29.8 Å². The Balaban J connectivity index is 2.37. The van der Waals surface area contributed by atoms with Gasteiger partial charge in [0.15, 0.2) is 5.11 Å². The molecule has 0 aliphatic heterocycles. The Morgan fingerprint density at radius 3 is 2.31 bits per heavy atom.